The van der Waals surface area contributed by atoms with Crippen LogP contribution in [0.4, 0.5) is 26.1 Å². The molecule has 0 saturated heterocycles. The van der Waals surface area contributed by atoms with Crippen LogP contribution in [-0.2, 0) is 6.54 Å². The van der Waals surface area contributed by atoms with Gasteiger partial charge in [0.1, 0.15) is 17.4 Å². The number of halogens is 2. The largest absolute Gasteiger partial charge is 0.506 e. The lowest BCUT2D eigenvalue weighted by molar-refractivity contribution is 0.477. The first kappa shape index (κ1) is 25.2. The molecule has 37 heavy (non-hydrogen) atoms. The standard InChI is InChI=1S/C25H23F2N7O3/c1-13-4-17(11-30-9-13)34-24(36)32-23(31-21-6-15(10-29-3)20(28)8-22(21)35)33(25(34)37)12-16-5-14(2)18(26)7-19(16)27/h4-11,35H,12,28H2,1-3H3,(H,31,32,36). The van der Waals surface area contributed by atoms with Gasteiger partial charge in [0.05, 0.1) is 24.1 Å². The molecule has 0 aliphatic rings. The average molecular weight is 508 g/mol. The molecule has 2 aromatic carbocycles. The Kier molecular flexibility index (Phi) is 6.83. The Hall–Kier alpha value is -4.87. The number of nitrogens with two attached hydrogens (primary N) is 1. The number of aromatic nitrogens is 4. The van der Waals surface area contributed by atoms with Gasteiger partial charge in [-0.1, -0.05) is 0 Å². The van der Waals surface area contributed by atoms with Crippen LogP contribution >= 0.6 is 0 Å². The van der Waals surface area contributed by atoms with E-state index >= 15 is 0 Å². The number of aryl methyl sites for hydroxylation is 2. The molecule has 0 atom stereocenters. The Morgan fingerprint density at radius 3 is 2.57 bits per heavy atom. The summed E-state index contributed by atoms with van der Waals surface area (Å²) in [6.45, 7) is 2.79. The number of phenols is 1. The third-order valence-corrected chi connectivity index (χ3v) is 5.56. The van der Waals surface area contributed by atoms with Crippen molar-refractivity contribution in [2.24, 2.45) is 4.99 Å². The molecule has 0 saturated carbocycles. The first-order valence-electron chi connectivity index (χ1n) is 11.0. The summed E-state index contributed by atoms with van der Waals surface area (Å²) in [7, 11) is 1.54. The molecule has 4 rings (SSSR count). The van der Waals surface area contributed by atoms with Crippen LogP contribution in [0.2, 0.25) is 0 Å². The van der Waals surface area contributed by atoms with Crippen LogP contribution in [0.25, 0.3) is 5.69 Å². The van der Waals surface area contributed by atoms with Crippen LogP contribution < -0.4 is 22.4 Å². The van der Waals surface area contributed by atoms with Gasteiger partial charge in [0.2, 0.25) is 5.95 Å². The van der Waals surface area contributed by atoms with E-state index in [1.165, 1.54) is 44.6 Å². The van der Waals surface area contributed by atoms with E-state index in [0.717, 1.165) is 15.2 Å². The molecule has 0 aliphatic carbocycles. The minimum absolute atomic E-state index is 0.0150. The molecule has 4 aromatic rings. The van der Waals surface area contributed by atoms with Crippen molar-refractivity contribution in [1.29, 1.82) is 0 Å². The number of nitrogen functional groups attached to an aromatic ring is 1. The Balaban J connectivity index is 1.94. The first-order valence-corrected chi connectivity index (χ1v) is 11.0. The fraction of sp³-hybridized carbons (Fsp3) is 0.160. The quantitative estimate of drug-likeness (QED) is 0.207. The van der Waals surface area contributed by atoms with Gasteiger partial charge in [-0.3, -0.25) is 14.5 Å². The van der Waals surface area contributed by atoms with Crippen molar-refractivity contribution in [1.82, 2.24) is 19.1 Å². The molecule has 10 nitrogen and oxygen atoms in total. The number of benzene rings is 2. The normalized spacial score (nSPS) is 11.3. The molecule has 0 aliphatic heterocycles. The van der Waals surface area contributed by atoms with Crippen LogP contribution in [0.1, 0.15) is 22.3 Å². The summed E-state index contributed by atoms with van der Waals surface area (Å²) in [6, 6.07) is 6.27. The van der Waals surface area contributed by atoms with Gasteiger partial charge in [0, 0.05) is 48.4 Å². The van der Waals surface area contributed by atoms with Crippen molar-refractivity contribution >= 4 is 23.5 Å². The van der Waals surface area contributed by atoms with Gasteiger partial charge >= 0.3 is 11.4 Å². The highest BCUT2D eigenvalue weighted by atomic mass is 19.1. The third kappa shape index (κ3) is 5.08. The minimum Gasteiger partial charge on any atom is -0.506 e. The maximum absolute atomic E-state index is 14.7. The van der Waals surface area contributed by atoms with E-state index in [0.29, 0.717) is 11.1 Å². The Labute approximate surface area is 209 Å². The smallest absolute Gasteiger partial charge is 0.359 e. The molecule has 0 amide bonds. The zero-order chi connectivity index (χ0) is 26.9. The van der Waals surface area contributed by atoms with Gasteiger partial charge in [-0.2, -0.15) is 4.98 Å². The number of nitrogens with one attached hydrogen (secondary N) is 1. The summed E-state index contributed by atoms with van der Waals surface area (Å²) < 4.78 is 30.3. The van der Waals surface area contributed by atoms with Gasteiger partial charge in [-0.25, -0.2) is 22.9 Å². The van der Waals surface area contributed by atoms with E-state index in [1.54, 1.807) is 19.2 Å². The predicted molar refractivity (Wildman–Crippen MR) is 136 cm³/mol. The Morgan fingerprint density at radius 1 is 1.11 bits per heavy atom. The molecular formula is C25H23F2N7O3. The highest BCUT2D eigenvalue weighted by Gasteiger charge is 2.19. The van der Waals surface area contributed by atoms with Crippen molar-refractivity contribution in [3.05, 3.63) is 97.6 Å². The maximum Gasteiger partial charge on any atom is 0.359 e. The van der Waals surface area contributed by atoms with Crippen molar-refractivity contribution in [2.75, 3.05) is 18.1 Å². The summed E-state index contributed by atoms with van der Waals surface area (Å²) in [6.07, 6.45) is 4.33. The van der Waals surface area contributed by atoms with E-state index < -0.39 is 29.6 Å². The molecule has 0 unspecified atom stereocenters. The molecule has 2 aromatic heterocycles. The number of hydrogen-bond acceptors (Lipinski definition) is 8. The molecule has 0 fully saturated rings. The van der Waals surface area contributed by atoms with Crippen LogP contribution in [0.3, 0.4) is 0 Å². The van der Waals surface area contributed by atoms with E-state index in [1.807, 2.05) is 0 Å². The number of nitrogens with zero attached hydrogens (tertiary/aromatic N) is 5. The van der Waals surface area contributed by atoms with Crippen LogP contribution in [-0.4, -0.2) is 37.5 Å². The minimum atomic E-state index is -0.933. The topological polar surface area (TPSA) is 140 Å². The second-order valence-corrected chi connectivity index (χ2v) is 8.35. The van der Waals surface area contributed by atoms with E-state index in [2.05, 4.69) is 20.3 Å². The monoisotopic (exact) mass is 507 g/mol. The fourth-order valence-electron chi connectivity index (χ4n) is 3.72. The number of pyridine rings is 1. The molecule has 2 heterocycles. The van der Waals surface area contributed by atoms with Crippen LogP contribution in [0.5, 0.6) is 5.75 Å². The van der Waals surface area contributed by atoms with Crippen LogP contribution in [0, 0.1) is 25.5 Å². The molecule has 0 bridgehead atoms. The number of anilines is 3. The highest BCUT2D eigenvalue weighted by Crippen LogP contribution is 2.30. The summed E-state index contributed by atoms with van der Waals surface area (Å²) in [5.41, 5.74) is 5.88. The van der Waals surface area contributed by atoms with Gasteiger partial charge in [0.15, 0.2) is 0 Å². The predicted octanol–water partition coefficient (Wildman–Crippen LogP) is 2.81. The van der Waals surface area contributed by atoms with E-state index in [-0.39, 0.29) is 39.9 Å². The van der Waals surface area contributed by atoms with E-state index in [9.17, 15) is 23.5 Å². The molecule has 4 N–H and O–H groups in total. The summed E-state index contributed by atoms with van der Waals surface area (Å²) in [4.78, 5) is 38.5. The molecule has 0 spiro atoms. The second-order valence-electron chi connectivity index (χ2n) is 8.35. The SMILES string of the molecule is CN=Cc1cc(Nc2nc(=O)n(-c3cncc(C)c3)c(=O)n2Cc2cc(C)c(F)cc2F)c(O)cc1N. The average Bonchev–Trinajstić information content (AvgIpc) is 2.82. The third-order valence-electron chi connectivity index (χ3n) is 5.56. The number of hydrogen-bond donors (Lipinski definition) is 3. The highest BCUT2D eigenvalue weighted by molar-refractivity contribution is 5.90. The van der Waals surface area contributed by atoms with Crippen molar-refractivity contribution in [3.63, 3.8) is 0 Å². The van der Waals surface area contributed by atoms with Crippen molar-refractivity contribution in [3.8, 4) is 11.4 Å². The number of aromatic hydroxyl groups is 1. The van der Waals surface area contributed by atoms with E-state index in [4.69, 9.17) is 5.73 Å². The Morgan fingerprint density at radius 2 is 1.86 bits per heavy atom. The summed E-state index contributed by atoms with van der Waals surface area (Å²) in [5, 5.41) is 13.2. The van der Waals surface area contributed by atoms with Gasteiger partial charge in [-0.15, -0.1) is 0 Å². The van der Waals surface area contributed by atoms with Crippen molar-refractivity contribution < 1.29 is 13.9 Å². The molecule has 190 valence electrons. The van der Waals surface area contributed by atoms with Crippen molar-refractivity contribution in [2.45, 2.75) is 20.4 Å². The van der Waals surface area contributed by atoms with Gasteiger partial charge in [0.25, 0.3) is 0 Å². The number of aliphatic imine (C=N–C) groups is 1. The number of rotatable bonds is 6. The zero-order valence-corrected chi connectivity index (χ0v) is 20.2. The van der Waals surface area contributed by atoms with Gasteiger partial charge in [-0.05, 0) is 43.2 Å². The lowest BCUT2D eigenvalue weighted by Gasteiger charge is -2.17. The fourth-order valence-corrected chi connectivity index (χ4v) is 3.72. The van der Waals surface area contributed by atoms with Gasteiger partial charge < -0.3 is 16.2 Å². The molecule has 12 heteroatoms. The zero-order valence-electron chi connectivity index (χ0n) is 20.2. The molecule has 0 radical (unpaired) electrons. The summed E-state index contributed by atoms with van der Waals surface area (Å²) >= 11 is 0. The maximum atomic E-state index is 14.7. The molecular weight excluding hydrogens is 484 g/mol. The second kappa shape index (κ2) is 10.0. The number of phenolic OH excluding ortho intramolecular Hbond substituents is 1. The first-order chi connectivity index (χ1) is 17.6. The Bertz CT molecular complexity index is 1660. The lowest BCUT2D eigenvalue weighted by atomic mass is 10.1. The van der Waals surface area contributed by atoms with Crippen LogP contribution in [0.15, 0.2) is 57.3 Å². The lowest BCUT2D eigenvalue weighted by Crippen LogP contribution is -2.42. The summed E-state index contributed by atoms with van der Waals surface area (Å²) in [5.74, 6) is -2.19.